The average molecular weight is 306 g/mol. The van der Waals surface area contributed by atoms with E-state index in [9.17, 15) is 0 Å². The molecule has 3 nitrogen and oxygen atoms in total. The summed E-state index contributed by atoms with van der Waals surface area (Å²) in [6.07, 6.45) is 0. The van der Waals surface area contributed by atoms with Gasteiger partial charge in [0.1, 0.15) is 12.4 Å². The molecule has 112 valence electrons. The van der Waals surface area contributed by atoms with Crippen molar-refractivity contribution in [3.8, 4) is 5.75 Å². The standard InChI is InChI=1S/C17H20ClNO2/c1-12-7-8-13(15(18)11-12)17(19)14-5-3-4-6-16(14)21-10-9-20-2/h3-8,11,17H,9-10,19H2,1-2H3. The minimum absolute atomic E-state index is 0.322. The topological polar surface area (TPSA) is 44.5 Å². The summed E-state index contributed by atoms with van der Waals surface area (Å²) in [6, 6.07) is 13.3. The number of nitrogens with two attached hydrogens (primary N) is 1. The van der Waals surface area contributed by atoms with E-state index < -0.39 is 0 Å². The molecule has 4 heteroatoms. The lowest BCUT2D eigenvalue weighted by Crippen LogP contribution is -2.15. The maximum Gasteiger partial charge on any atom is 0.124 e. The first-order valence-electron chi connectivity index (χ1n) is 6.85. The highest BCUT2D eigenvalue weighted by Gasteiger charge is 2.16. The smallest absolute Gasteiger partial charge is 0.124 e. The van der Waals surface area contributed by atoms with Crippen LogP contribution in [0.1, 0.15) is 22.7 Å². The number of ether oxygens (including phenoxy) is 2. The van der Waals surface area contributed by atoms with Gasteiger partial charge in [-0.2, -0.15) is 0 Å². The van der Waals surface area contributed by atoms with Crippen LogP contribution in [0.25, 0.3) is 0 Å². The SMILES string of the molecule is COCCOc1ccccc1C(N)c1ccc(C)cc1Cl. The molecule has 0 aliphatic carbocycles. The molecule has 0 amide bonds. The average Bonchev–Trinajstić information content (AvgIpc) is 2.47. The molecule has 2 aromatic rings. The molecule has 2 rings (SSSR count). The number of rotatable bonds is 6. The van der Waals surface area contributed by atoms with Crippen LogP contribution in [0.15, 0.2) is 42.5 Å². The Bertz CT molecular complexity index is 601. The Morgan fingerprint density at radius 3 is 2.57 bits per heavy atom. The van der Waals surface area contributed by atoms with E-state index in [0.717, 1.165) is 22.4 Å². The molecule has 0 saturated heterocycles. The van der Waals surface area contributed by atoms with Crippen molar-refractivity contribution >= 4 is 11.6 Å². The lowest BCUT2D eigenvalue weighted by molar-refractivity contribution is 0.145. The predicted molar refractivity (Wildman–Crippen MR) is 86.0 cm³/mol. The van der Waals surface area contributed by atoms with Gasteiger partial charge in [0.05, 0.1) is 12.6 Å². The second-order valence-electron chi connectivity index (χ2n) is 4.88. The maximum absolute atomic E-state index is 6.38. The largest absolute Gasteiger partial charge is 0.491 e. The molecule has 0 aliphatic rings. The minimum atomic E-state index is -0.322. The number of hydrogen-bond donors (Lipinski definition) is 1. The van der Waals surface area contributed by atoms with Crippen LogP contribution in [-0.2, 0) is 4.74 Å². The van der Waals surface area contributed by atoms with Gasteiger partial charge < -0.3 is 15.2 Å². The predicted octanol–water partition coefficient (Wildman–Crippen LogP) is 3.72. The number of methoxy groups -OCH3 is 1. The van der Waals surface area contributed by atoms with Crippen molar-refractivity contribution in [1.29, 1.82) is 0 Å². The summed E-state index contributed by atoms with van der Waals surface area (Å²) in [6.45, 7) is 3.03. The summed E-state index contributed by atoms with van der Waals surface area (Å²) in [5.74, 6) is 0.763. The van der Waals surface area contributed by atoms with Crippen molar-refractivity contribution in [2.45, 2.75) is 13.0 Å². The number of benzene rings is 2. The van der Waals surface area contributed by atoms with E-state index >= 15 is 0 Å². The highest BCUT2D eigenvalue weighted by molar-refractivity contribution is 6.31. The van der Waals surface area contributed by atoms with Crippen LogP contribution in [0.3, 0.4) is 0 Å². The van der Waals surface area contributed by atoms with Gasteiger partial charge in [-0.3, -0.25) is 0 Å². The summed E-state index contributed by atoms with van der Waals surface area (Å²) >= 11 is 6.31. The molecular formula is C17H20ClNO2. The minimum Gasteiger partial charge on any atom is -0.491 e. The van der Waals surface area contributed by atoms with Gasteiger partial charge in [0.2, 0.25) is 0 Å². The Hall–Kier alpha value is -1.55. The van der Waals surface area contributed by atoms with Crippen LogP contribution in [0.5, 0.6) is 5.75 Å². The number of aryl methyl sites for hydroxylation is 1. The fraction of sp³-hybridized carbons (Fsp3) is 0.294. The fourth-order valence-corrected chi connectivity index (χ4v) is 2.51. The molecule has 1 unspecified atom stereocenters. The van der Waals surface area contributed by atoms with Gasteiger partial charge in [0.15, 0.2) is 0 Å². The third-order valence-corrected chi connectivity index (χ3v) is 3.62. The zero-order chi connectivity index (χ0) is 15.2. The molecule has 1 atom stereocenters. The Morgan fingerprint density at radius 1 is 1.10 bits per heavy atom. The van der Waals surface area contributed by atoms with E-state index in [0.29, 0.717) is 18.2 Å². The van der Waals surface area contributed by atoms with Crippen molar-refractivity contribution in [2.75, 3.05) is 20.3 Å². The zero-order valence-corrected chi connectivity index (χ0v) is 13.1. The molecule has 0 fully saturated rings. The normalized spacial score (nSPS) is 12.2. The van der Waals surface area contributed by atoms with Gasteiger partial charge in [-0.15, -0.1) is 0 Å². The van der Waals surface area contributed by atoms with E-state index in [2.05, 4.69) is 0 Å². The molecule has 0 bridgehead atoms. The van der Waals surface area contributed by atoms with E-state index in [-0.39, 0.29) is 6.04 Å². The number of hydrogen-bond acceptors (Lipinski definition) is 3. The first kappa shape index (κ1) is 15.8. The van der Waals surface area contributed by atoms with Gasteiger partial charge in [0.25, 0.3) is 0 Å². The molecule has 0 spiro atoms. The molecule has 21 heavy (non-hydrogen) atoms. The molecule has 2 aromatic carbocycles. The van der Waals surface area contributed by atoms with E-state index in [1.165, 1.54) is 0 Å². The van der Waals surface area contributed by atoms with Gasteiger partial charge in [-0.05, 0) is 30.2 Å². The Morgan fingerprint density at radius 2 is 1.86 bits per heavy atom. The molecule has 0 heterocycles. The zero-order valence-electron chi connectivity index (χ0n) is 12.3. The molecule has 2 N–H and O–H groups in total. The molecule has 0 saturated carbocycles. The Labute approximate surface area is 130 Å². The fourth-order valence-electron chi connectivity index (χ4n) is 2.16. The van der Waals surface area contributed by atoms with Crippen LogP contribution in [0.2, 0.25) is 5.02 Å². The summed E-state index contributed by atoms with van der Waals surface area (Å²) < 4.78 is 10.7. The summed E-state index contributed by atoms with van der Waals surface area (Å²) in [5, 5.41) is 0.675. The highest BCUT2D eigenvalue weighted by Crippen LogP contribution is 2.32. The first-order chi connectivity index (χ1) is 10.1. The first-order valence-corrected chi connectivity index (χ1v) is 7.23. The van der Waals surface area contributed by atoms with Crippen molar-refractivity contribution in [3.63, 3.8) is 0 Å². The lowest BCUT2D eigenvalue weighted by Gasteiger charge is -2.18. The second kappa shape index (κ2) is 7.46. The number of halogens is 1. The van der Waals surface area contributed by atoms with E-state index in [4.69, 9.17) is 26.8 Å². The molecule has 0 aromatic heterocycles. The van der Waals surface area contributed by atoms with Crippen LogP contribution in [-0.4, -0.2) is 20.3 Å². The van der Waals surface area contributed by atoms with Crippen molar-refractivity contribution in [1.82, 2.24) is 0 Å². The van der Waals surface area contributed by atoms with Gasteiger partial charge in [-0.25, -0.2) is 0 Å². The van der Waals surface area contributed by atoms with Crippen LogP contribution >= 0.6 is 11.6 Å². The van der Waals surface area contributed by atoms with Crippen molar-refractivity contribution in [3.05, 3.63) is 64.2 Å². The number of para-hydroxylation sites is 1. The monoisotopic (exact) mass is 305 g/mol. The van der Waals surface area contributed by atoms with Gasteiger partial charge in [0, 0.05) is 17.7 Å². The van der Waals surface area contributed by atoms with Crippen LogP contribution < -0.4 is 10.5 Å². The van der Waals surface area contributed by atoms with E-state index in [1.54, 1.807) is 7.11 Å². The van der Waals surface area contributed by atoms with Gasteiger partial charge in [-0.1, -0.05) is 41.9 Å². The highest BCUT2D eigenvalue weighted by atomic mass is 35.5. The second-order valence-corrected chi connectivity index (χ2v) is 5.29. The van der Waals surface area contributed by atoms with Crippen LogP contribution in [0.4, 0.5) is 0 Å². The van der Waals surface area contributed by atoms with Crippen molar-refractivity contribution < 1.29 is 9.47 Å². The summed E-state index contributed by atoms with van der Waals surface area (Å²) in [4.78, 5) is 0. The molecular weight excluding hydrogens is 286 g/mol. The van der Waals surface area contributed by atoms with E-state index in [1.807, 2.05) is 49.4 Å². The quantitative estimate of drug-likeness (QED) is 0.827. The van der Waals surface area contributed by atoms with Gasteiger partial charge >= 0.3 is 0 Å². The lowest BCUT2D eigenvalue weighted by atomic mass is 9.98. The Balaban J connectivity index is 2.27. The Kier molecular flexibility index (Phi) is 5.62. The third-order valence-electron chi connectivity index (χ3n) is 3.29. The summed E-state index contributed by atoms with van der Waals surface area (Å²) in [5.41, 5.74) is 9.30. The molecule has 0 aliphatic heterocycles. The van der Waals surface area contributed by atoms with Crippen molar-refractivity contribution in [2.24, 2.45) is 5.73 Å². The summed E-state index contributed by atoms with van der Waals surface area (Å²) in [7, 11) is 1.65. The molecule has 0 radical (unpaired) electrons. The van der Waals surface area contributed by atoms with Crippen LogP contribution in [0, 0.1) is 6.92 Å². The maximum atomic E-state index is 6.38. The third kappa shape index (κ3) is 3.97.